The highest BCUT2D eigenvalue weighted by atomic mass is 79.9. The van der Waals surface area contributed by atoms with Gasteiger partial charge in [-0.3, -0.25) is 0 Å². The zero-order valence-corrected chi connectivity index (χ0v) is 11.6. The number of aryl methyl sites for hydroxylation is 1. The summed E-state index contributed by atoms with van der Waals surface area (Å²) in [5, 5.41) is 1.02. The van der Waals surface area contributed by atoms with Crippen molar-refractivity contribution in [2.75, 3.05) is 5.33 Å². The minimum absolute atomic E-state index is 0.620. The summed E-state index contributed by atoms with van der Waals surface area (Å²) in [5.74, 6) is 0.620. The summed E-state index contributed by atoms with van der Waals surface area (Å²) >= 11 is 3.61. The molecule has 0 bridgehead atoms. The van der Waals surface area contributed by atoms with Gasteiger partial charge in [-0.1, -0.05) is 45.8 Å². The van der Waals surface area contributed by atoms with Crippen LogP contribution in [0.25, 0.3) is 0 Å². The molecule has 17 heavy (non-hydrogen) atoms. The van der Waals surface area contributed by atoms with Gasteiger partial charge in [-0.05, 0) is 42.9 Å². The molecule has 2 rings (SSSR count). The van der Waals surface area contributed by atoms with Gasteiger partial charge in [0.15, 0.2) is 0 Å². The molecule has 1 aromatic carbocycles. The number of halogens is 1. The first-order chi connectivity index (χ1) is 8.28. The van der Waals surface area contributed by atoms with E-state index in [9.17, 15) is 0 Å². The Hall–Kier alpha value is -1.02. The van der Waals surface area contributed by atoms with Gasteiger partial charge in [-0.15, -0.1) is 0 Å². The predicted octanol–water partition coefficient (Wildman–Crippen LogP) is 4.38. The van der Waals surface area contributed by atoms with Gasteiger partial charge in [-0.25, -0.2) is 0 Å². The maximum Gasteiger partial charge on any atom is 0.0934 e. The molecule has 1 nitrogen and oxygen atoms in total. The SMILES string of the molecule is Cc1cccc(CC(CBr)Cc2ccoc2)c1. The Morgan fingerprint density at radius 2 is 2.00 bits per heavy atom. The minimum Gasteiger partial charge on any atom is -0.472 e. The molecule has 90 valence electrons. The monoisotopic (exact) mass is 292 g/mol. The fraction of sp³-hybridized carbons (Fsp3) is 0.333. The number of rotatable bonds is 5. The van der Waals surface area contributed by atoms with E-state index in [1.807, 2.05) is 12.3 Å². The minimum atomic E-state index is 0.620. The molecule has 0 aliphatic heterocycles. The first-order valence-electron chi connectivity index (χ1n) is 5.90. The van der Waals surface area contributed by atoms with Crippen LogP contribution in [0.2, 0.25) is 0 Å². The van der Waals surface area contributed by atoms with Crippen LogP contribution in [0.4, 0.5) is 0 Å². The summed E-state index contributed by atoms with van der Waals surface area (Å²) in [4.78, 5) is 0. The molecule has 0 radical (unpaired) electrons. The third-order valence-corrected chi connectivity index (χ3v) is 3.85. The van der Waals surface area contributed by atoms with Gasteiger partial charge in [0.25, 0.3) is 0 Å². The van der Waals surface area contributed by atoms with Gasteiger partial charge in [0.05, 0.1) is 12.5 Å². The fourth-order valence-corrected chi connectivity index (χ4v) is 2.55. The molecular formula is C15H17BrO. The van der Waals surface area contributed by atoms with Crippen LogP contribution in [0.3, 0.4) is 0 Å². The third-order valence-electron chi connectivity index (χ3n) is 2.93. The molecule has 0 saturated heterocycles. The highest BCUT2D eigenvalue weighted by Crippen LogP contribution is 2.18. The summed E-state index contributed by atoms with van der Waals surface area (Å²) in [6.07, 6.45) is 5.76. The van der Waals surface area contributed by atoms with Crippen molar-refractivity contribution in [2.45, 2.75) is 19.8 Å². The number of benzene rings is 1. The van der Waals surface area contributed by atoms with Gasteiger partial charge in [0.1, 0.15) is 0 Å². The van der Waals surface area contributed by atoms with E-state index in [2.05, 4.69) is 47.1 Å². The molecule has 0 aliphatic carbocycles. The average Bonchev–Trinajstić information content (AvgIpc) is 2.81. The lowest BCUT2D eigenvalue weighted by Crippen LogP contribution is -2.09. The van der Waals surface area contributed by atoms with Crippen molar-refractivity contribution in [1.29, 1.82) is 0 Å². The molecule has 0 fully saturated rings. The number of alkyl halides is 1. The number of furan rings is 1. The normalized spacial score (nSPS) is 12.6. The van der Waals surface area contributed by atoms with Crippen LogP contribution in [-0.4, -0.2) is 5.33 Å². The maximum absolute atomic E-state index is 5.11. The number of hydrogen-bond acceptors (Lipinski definition) is 1. The van der Waals surface area contributed by atoms with Crippen molar-refractivity contribution in [1.82, 2.24) is 0 Å². The highest BCUT2D eigenvalue weighted by molar-refractivity contribution is 9.09. The summed E-state index contributed by atoms with van der Waals surface area (Å²) in [7, 11) is 0. The Kier molecular flexibility index (Phi) is 4.43. The Bertz CT molecular complexity index is 448. The van der Waals surface area contributed by atoms with E-state index in [-0.39, 0.29) is 0 Å². The molecule has 0 spiro atoms. The lowest BCUT2D eigenvalue weighted by molar-refractivity contribution is 0.550. The van der Waals surface area contributed by atoms with Crippen LogP contribution < -0.4 is 0 Å². The standard InChI is InChI=1S/C15H17BrO/c1-12-3-2-4-13(7-12)8-15(10-16)9-14-5-6-17-11-14/h2-7,11,15H,8-10H2,1H3. The fourth-order valence-electron chi connectivity index (χ4n) is 2.10. The summed E-state index contributed by atoms with van der Waals surface area (Å²) in [6.45, 7) is 2.14. The van der Waals surface area contributed by atoms with Crippen LogP contribution in [0.15, 0.2) is 47.3 Å². The van der Waals surface area contributed by atoms with Gasteiger partial charge in [0.2, 0.25) is 0 Å². The quantitative estimate of drug-likeness (QED) is 0.745. The second-order valence-corrected chi connectivity index (χ2v) is 5.20. The molecule has 1 heterocycles. The zero-order chi connectivity index (χ0) is 12.1. The molecule has 0 N–H and O–H groups in total. The molecule has 1 atom stereocenters. The van der Waals surface area contributed by atoms with Crippen LogP contribution in [0.5, 0.6) is 0 Å². The second kappa shape index (κ2) is 6.06. The molecule has 1 aromatic heterocycles. The smallest absolute Gasteiger partial charge is 0.0934 e. The van der Waals surface area contributed by atoms with Crippen molar-refractivity contribution >= 4 is 15.9 Å². The largest absolute Gasteiger partial charge is 0.472 e. The molecule has 1 unspecified atom stereocenters. The molecule has 0 amide bonds. The first kappa shape index (κ1) is 12.4. The zero-order valence-electron chi connectivity index (χ0n) is 10.0. The summed E-state index contributed by atoms with van der Waals surface area (Å²) in [6, 6.07) is 10.8. The predicted molar refractivity (Wildman–Crippen MR) is 74.6 cm³/mol. The van der Waals surface area contributed by atoms with Crippen LogP contribution in [-0.2, 0) is 12.8 Å². The molecule has 2 aromatic rings. The van der Waals surface area contributed by atoms with Gasteiger partial charge in [0, 0.05) is 5.33 Å². The van der Waals surface area contributed by atoms with Crippen molar-refractivity contribution in [3.05, 3.63) is 59.5 Å². The average molecular weight is 293 g/mol. The van der Waals surface area contributed by atoms with Crippen molar-refractivity contribution in [3.8, 4) is 0 Å². The number of hydrogen-bond donors (Lipinski definition) is 0. The van der Waals surface area contributed by atoms with Crippen LogP contribution >= 0.6 is 15.9 Å². The Labute approximate surface area is 111 Å². The van der Waals surface area contributed by atoms with Crippen molar-refractivity contribution in [2.24, 2.45) is 5.92 Å². The molecule has 0 aliphatic rings. The van der Waals surface area contributed by atoms with Gasteiger partial charge in [-0.2, -0.15) is 0 Å². The van der Waals surface area contributed by atoms with E-state index in [1.54, 1.807) is 6.26 Å². The molecule has 2 heteroatoms. The lowest BCUT2D eigenvalue weighted by atomic mass is 9.95. The Morgan fingerprint density at radius 3 is 2.65 bits per heavy atom. The van der Waals surface area contributed by atoms with E-state index >= 15 is 0 Å². The topological polar surface area (TPSA) is 13.1 Å². The molecule has 0 saturated carbocycles. The maximum atomic E-state index is 5.11. The van der Waals surface area contributed by atoms with E-state index in [0.717, 1.165) is 18.2 Å². The van der Waals surface area contributed by atoms with E-state index < -0.39 is 0 Å². The summed E-state index contributed by atoms with van der Waals surface area (Å²) < 4.78 is 5.11. The van der Waals surface area contributed by atoms with E-state index in [0.29, 0.717) is 5.92 Å². The van der Waals surface area contributed by atoms with Gasteiger partial charge < -0.3 is 4.42 Å². The van der Waals surface area contributed by atoms with Gasteiger partial charge >= 0.3 is 0 Å². The van der Waals surface area contributed by atoms with E-state index in [4.69, 9.17) is 4.42 Å². The summed E-state index contributed by atoms with van der Waals surface area (Å²) in [5.41, 5.74) is 4.03. The first-order valence-corrected chi connectivity index (χ1v) is 7.02. The Morgan fingerprint density at radius 1 is 1.18 bits per heavy atom. The second-order valence-electron chi connectivity index (χ2n) is 4.55. The van der Waals surface area contributed by atoms with Crippen LogP contribution in [0.1, 0.15) is 16.7 Å². The van der Waals surface area contributed by atoms with E-state index in [1.165, 1.54) is 16.7 Å². The lowest BCUT2D eigenvalue weighted by Gasteiger charge is -2.13. The van der Waals surface area contributed by atoms with Crippen molar-refractivity contribution < 1.29 is 4.42 Å². The Balaban J connectivity index is 2.00. The van der Waals surface area contributed by atoms with Crippen LogP contribution in [0, 0.1) is 12.8 Å². The van der Waals surface area contributed by atoms with Crippen molar-refractivity contribution in [3.63, 3.8) is 0 Å². The third kappa shape index (κ3) is 3.74. The molecular weight excluding hydrogens is 276 g/mol. The highest BCUT2D eigenvalue weighted by Gasteiger charge is 2.10.